The minimum Gasteiger partial charge on any atom is -0.343 e. The van der Waals surface area contributed by atoms with Gasteiger partial charge in [0, 0.05) is 35.6 Å². The number of rotatable bonds is 4. The molecule has 29 heavy (non-hydrogen) atoms. The second-order valence-electron chi connectivity index (χ2n) is 6.91. The van der Waals surface area contributed by atoms with Gasteiger partial charge in [-0.1, -0.05) is 0 Å². The number of nitrogens with one attached hydrogen (secondary N) is 1. The summed E-state index contributed by atoms with van der Waals surface area (Å²) in [7, 11) is 1.63. The molecule has 3 aromatic rings. The highest BCUT2D eigenvalue weighted by atomic mass is 19.4. The number of carbonyl (C=O) groups excluding carboxylic acids is 1. The molecule has 9 heteroatoms. The SMILES string of the molecule is Cc1cc(F)c(-c2cc(-n3c(C)ccc3C)nn2C)cc1C(=O)NCC(F)(F)F. The van der Waals surface area contributed by atoms with Crippen molar-refractivity contribution >= 4 is 5.91 Å². The Balaban J connectivity index is 2.03. The molecule has 3 rings (SSSR count). The van der Waals surface area contributed by atoms with Crippen molar-refractivity contribution in [2.45, 2.75) is 26.9 Å². The maximum absolute atomic E-state index is 14.7. The van der Waals surface area contributed by atoms with Crippen LogP contribution < -0.4 is 5.32 Å². The fourth-order valence-corrected chi connectivity index (χ4v) is 3.23. The van der Waals surface area contributed by atoms with E-state index in [0.29, 0.717) is 11.5 Å². The number of benzene rings is 1. The lowest BCUT2D eigenvalue weighted by molar-refractivity contribution is -0.123. The number of aromatic nitrogens is 3. The summed E-state index contributed by atoms with van der Waals surface area (Å²) in [6.45, 7) is 3.84. The third-order valence-electron chi connectivity index (χ3n) is 4.65. The second-order valence-corrected chi connectivity index (χ2v) is 6.91. The number of hydrogen-bond acceptors (Lipinski definition) is 2. The molecule has 0 aliphatic rings. The molecule has 0 spiro atoms. The van der Waals surface area contributed by atoms with Gasteiger partial charge in [-0.05, 0) is 50.6 Å². The number of alkyl halides is 3. The Labute approximate surface area is 165 Å². The third-order valence-corrected chi connectivity index (χ3v) is 4.65. The van der Waals surface area contributed by atoms with E-state index < -0.39 is 24.4 Å². The molecule has 0 fully saturated rings. The largest absolute Gasteiger partial charge is 0.405 e. The van der Waals surface area contributed by atoms with E-state index in [1.807, 2.05) is 35.9 Å². The van der Waals surface area contributed by atoms with Crippen molar-refractivity contribution < 1.29 is 22.4 Å². The van der Waals surface area contributed by atoms with Gasteiger partial charge in [0.05, 0.1) is 5.69 Å². The Morgan fingerprint density at radius 3 is 2.31 bits per heavy atom. The number of carbonyl (C=O) groups is 1. The molecule has 0 unspecified atom stereocenters. The molecular weight excluding hydrogens is 388 g/mol. The van der Waals surface area contributed by atoms with Crippen LogP contribution in [0, 0.1) is 26.6 Å². The summed E-state index contributed by atoms with van der Waals surface area (Å²) in [4.78, 5) is 12.2. The van der Waals surface area contributed by atoms with Gasteiger partial charge in [-0.2, -0.15) is 18.3 Å². The van der Waals surface area contributed by atoms with E-state index in [1.165, 1.54) is 17.7 Å². The minimum absolute atomic E-state index is 0.0262. The van der Waals surface area contributed by atoms with E-state index in [0.717, 1.165) is 17.5 Å². The van der Waals surface area contributed by atoms with Crippen LogP contribution in [0.15, 0.2) is 30.3 Å². The number of hydrogen-bond donors (Lipinski definition) is 1. The second kappa shape index (κ2) is 7.38. The van der Waals surface area contributed by atoms with E-state index in [9.17, 15) is 22.4 Å². The monoisotopic (exact) mass is 408 g/mol. The van der Waals surface area contributed by atoms with Crippen LogP contribution in [0.25, 0.3) is 17.1 Å². The van der Waals surface area contributed by atoms with Crippen LogP contribution in [0.4, 0.5) is 17.6 Å². The van der Waals surface area contributed by atoms with Gasteiger partial charge >= 0.3 is 6.18 Å². The van der Waals surface area contributed by atoms with Gasteiger partial charge in [0.2, 0.25) is 0 Å². The fourth-order valence-electron chi connectivity index (χ4n) is 3.23. The first kappa shape index (κ1) is 20.6. The Morgan fingerprint density at radius 1 is 1.10 bits per heavy atom. The number of amides is 1. The number of halogens is 4. The normalized spacial score (nSPS) is 11.7. The molecule has 0 aliphatic carbocycles. The summed E-state index contributed by atoms with van der Waals surface area (Å²) in [5, 5.41) is 6.24. The lowest BCUT2D eigenvalue weighted by Gasteiger charge is -2.12. The van der Waals surface area contributed by atoms with Gasteiger partial charge in [0.15, 0.2) is 5.82 Å². The molecule has 0 saturated heterocycles. The van der Waals surface area contributed by atoms with Crippen molar-refractivity contribution in [3.05, 3.63) is 58.7 Å². The number of nitrogens with zero attached hydrogens (tertiary/aromatic N) is 3. The Hall–Kier alpha value is -3.10. The van der Waals surface area contributed by atoms with Gasteiger partial charge in [0.25, 0.3) is 5.91 Å². The van der Waals surface area contributed by atoms with Crippen LogP contribution in [-0.4, -0.2) is 33.0 Å². The van der Waals surface area contributed by atoms with Gasteiger partial charge in [-0.3, -0.25) is 9.48 Å². The zero-order valence-corrected chi connectivity index (χ0v) is 16.4. The zero-order chi connectivity index (χ0) is 21.5. The maximum Gasteiger partial charge on any atom is 0.405 e. The van der Waals surface area contributed by atoms with Gasteiger partial charge in [-0.25, -0.2) is 4.39 Å². The summed E-state index contributed by atoms with van der Waals surface area (Å²) in [6, 6.07) is 7.92. The van der Waals surface area contributed by atoms with Crippen LogP contribution in [0.2, 0.25) is 0 Å². The minimum atomic E-state index is -4.53. The van der Waals surface area contributed by atoms with E-state index in [2.05, 4.69) is 5.10 Å². The lowest BCUT2D eigenvalue weighted by Crippen LogP contribution is -2.34. The smallest absolute Gasteiger partial charge is 0.343 e. The van der Waals surface area contributed by atoms with Crippen molar-refractivity contribution in [3.8, 4) is 17.1 Å². The van der Waals surface area contributed by atoms with E-state index in [1.54, 1.807) is 13.1 Å². The van der Waals surface area contributed by atoms with E-state index in [-0.39, 0.29) is 16.7 Å². The number of aryl methyl sites for hydroxylation is 4. The molecule has 0 aliphatic heterocycles. The first-order valence-electron chi connectivity index (χ1n) is 8.83. The first-order chi connectivity index (χ1) is 13.5. The van der Waals surface area contributed by atoms with Crippen LogP contribution in [0.3, 0.4) is 0 Å². The van der Waals surface area contributed by atoms with Crippen LogP contribution in [0.1, 0.15) is 27.3 Å². The molecule has 5 nitrogen and oxygen atoms in total. The van der Waals surface area contributed by atoms with Crippen LogP contribution in [0.5, 0.6) is 0 Å². The summed E-state index contributed by atoms with van der Waals surface area (Å²) in [5.41, 5.74) is 2.59. The predicted octanol–water partition coefficient (Wildman–Crippen LogP) is 4.23. The highest BCUT2D eigenvalue weighted by Crippen LogP contribution is 2.28. The molecule has 1 aromatic carbocycles. The average molecular weight is 408 g/mol. The van der Waals surface area contributed by atoms with E-state index in [4.69, 9.17) is 0 Å². The van der Waals surface area contributed by atoms with Crippen LogP contribution >= 0.6 is 0 Å². The standard InChI is InChI=1S/C20H20F4N4O/c1-11-7-16(21)15(8-14(11)19(29)25-10-20(22,23)24)17-9-18(26-27(17)4)28-12(2)5-6-13(28)3/h5-9H,10H2,1-4H3,(H,25,29). The van der Waals surface area contributed by atoms with Crippen LogP contribution in [-0.2, 0) is 7.05 Å². The predicted molar refractivity (Wildman–Crippen MR) is 101 cm³/mol. The first-order valence-corrected chi connectivity index (χ1v) is 8.83. The third kappa shape index (κ3) is 4.18. The topological polar surface area (TPSA) is 51.9 Å². The molecular formula is C20H20F4N4O. The molecule has 2 heterocycles. The molecule has 2 aromatic heterocycles. The van der Waals surface area contributed by atoms with E-state index >= 15 is 0 Å². The average Bonchev–Trinajstić information content (AvgIpc) is 3.14. The summed E-state index contributed by atoms with van der Waals surface area (Å²) in [6.07, 6.45) is -4.53. The van der Waals surface area contributed by atoms with Crippen molar-refractivity contribution in [1.82, 2.24) is 19.7 Å². The summed E-state index contributed by atoms with van der Waals surface area (Å²) < 4.78 is 55.3. The quantitative estimate of drug-likeness (QED) is 0.657. The van der Waals surface area contributed by atoms with Crippen molar-refractivity contribution in [2.24, 2.45) is 7.05 Å². The zero-order valence-electron chi connectivity index (χ0n) is 16.4. The summed E-state index contributed by atoms with van der Waals surface area (Å²) in [5.74, 6) is -0.934. The molecule has 154 valence electrons. The Kier molecular flexibility index (Phi) is 5.25. The van der Waals surface area contributed by atoms with Crippen molar-refractivity contribution in [2.75, 3.05) is 6.54 Å². The maximum atomic E-state index is 14.7. The molecule has 0 radical (unpaired) electrons. The van der Waals surface area contributed by atoms with Gasteiger partial charge in [0.1, 0.15) is 12.4 Å². The van der Waals surface area contributed by atoms with Gasteiger partial charge < -0.3 is 9.88 Å². The lowest BCUT2D eigenvalue weighted by atomic mass is 10.0. The molecule has 1 amide bonds. The molecule has 0 bridgehead atoms. The molecule has 1 N–H and O–H groups in total. The molecule has 0 atom stereocenters. The summed E-state index contributed by atoms with van der Waals surface area (Å²) >= 11 is 0. The Morgan fingerprint density at radius 2 is 1.72 bits per heavy atom. The van der Waals surface area contributed by atoms with Crippen molar-refractivity contribution in [1.29, 1.82) is 0 Å². The van der Waals surface area contributed by atoms with Gasteiger partial charge in [-0.15, -0.1) is 0 Å². The fraction of sp³-hybridized carbons (Fsp3) is 0.300. The van der Waals surface area contributed by atoms with Crippen molar-refractivity contribution in [3.63, 3.8) is 0 Å². The molecule has 0 saturated carbocycles. The highest BCUT2D eigenvalue weighted by Gasteiger charge is 2.28. The highest BCUT2D eigenvalue weighted by molar-refractivity contribution is 5.97. The Bertz CT molecular complexity index is 1060.